The Balaban J connectivity index is 1.59. The summed E-state index contributed by atoms with van der Waals surface area (Å²) in [5.74, 6) is 0.389. The Bertz CT molecular complexity index is 1390. The lowest BCUT2D eigenvalue weighted by Crippen LogP contribution is -2.26. The van der Waals surface area contributed by atoms with Crippen molar-refractivity contribution in [1.82, 2.24) is 0 Å². The zero-order valence-electron chi connectivity index (χ0n) is 17.8. The van der Waals surface area contributed by atoms with E-state index in [-0.39, 0.29) is 10.8 Å². The highest BCUT2D eigenvalue weighted by Crippen LogP contribution is 2.32. The lowest BCUT2D eigenvalue weighted by Gasteiger charge is -2.19. The van der Waals surface area contributed by atoms with Gasteiger partial charge >= 0.3 is 0 Å². The van der Waals surface area contributed by atoms with Crippen molar-refractivity contribution < 1.29 is 17.9 Å². The number of amides is 1. The highest BCUT2D eigenvalue weighted by atomic mass is 32.2. The molecule has 0 spiro atoms. The fourth-order valence-corrected chi connectivity index (χ4v) is 5.42. The maximum absolute atomic E-state index is 13.0. The average Bonchev–Trinajstić information content (AvgIpc) is 3.22. The molecule has 1 amide bonds. The van der Waals surface area contributed by atoms with Crippen molar-refractivity contribution in [2.75, 3.05) is 23.8 Å². The fourth-order valence-electron chi connectivity index (χ4n) is 3.30. The number of aryl methyl sites for hydroxylation is 1. The van der Waals surface area contributed by atoms with Gasteiger partial charge in [-0.25, -0.2) is 8.42 Å². The molecule has 0 fully saturated rings. The van der Waals surface area contributed by atoms with Crippen LogP contribution in [0.4, 0.5) is 11.4 Å². The minimum absolute atomic E-state index is 0.171. The van der Waals surface area contributed by atoms with Crippen LogP contribution >= 0.6 is 11.3 Å². The summed E-state index contributed by atoms with van der Waals surface area (Å²) >= 11 is 1.36. The van der Waals surface area contributed by atoms with Crippen LogP contribution in [-0.4, -0.2) is 28.5 Å². The van der Waals surface area contributed by atoms with Crippen LogP contribution in [0.2, 0.25) is 0 Å². The molecule has 0 bridgehead atoms. The van der Waals surface area contributed by atoms with Gasteiger partial charge in [0.05, 0.1) is 22.6 Å². The molecule has 164 valence electrons. The number of hydrogen-bond acceptors (Lipinski definition) is 5. The SMILES string of the molecule is COc1ccc(S(=O)(=O)N(C)c2ccc3sc(C(=O)Nc4cccc(C)c4)cc3c2)cc1. The number of methoxy groups -OCH3 is 1. The van der Waals surface area contributed by atoms with Crippen molar-refractivity contribution in [3.63, 3.8) is 0 Å². The summed E-state index contributed by atoms with van der Waals surface area (Å²) in [6.07, 6.45) is 0. The van der Waals surface area contributed by atoms with Gasteiger partial charge in [0.15, 0.2) is 0 Å². The highest BCUT2D eigenvalue weighted by molar-refractivity contribution is 7.92. The first-order chi connectivity index (χ1) is 15.3. The van der Waals surface area contributed by atoms with E-state index in [4.69, 9.17) is 4.74 Å². The fraction of sp³-hybridized carbons (Fsp3) is 0.125. The number of rotatable bonds is 6. The molecule has 1 N–H and O–H groups in total. The second kappa shape index (κ2) is 8.64. The van der Waals surface area contributed by atoms with Crippen LogP contribution in [0.25, 0.3) is 10.1 Å². The third-order valence-electron chi connectivity index (χ3n) is 5.08. The van der Waals surface area contributed by atoms with Crippen molar-refractivity contribution in [2.45, 2.75) is 11.8 Å². The number of ether oxygens (including phenoxy) is 1. The van der Waals surface area contributed by atoms with Crippen molar-refractivity contribution >= 4 is 48.7 Å². The Labute approximate surface area is 191 Å². The van der Waals surface area contributed by atoms with E-state index in [1.54, 1.807) is 30.3 Å². The van der Waals surface area contributed by atoms with Gasteiger partial charge in [0, 0.05) is 17.4 Å². The molecule has 0 unspecified atom stereocenters. The molecule has 32 heavy (non-hydrogen) atoms. The molecule has 1 aromatic heterocycles. The number of nitrogens with one attached hydrogen (secondary N) is 1. The van der Waals surface area contributed by atoms with Crippen molar-refractivity contribution in [2.24, 2.45) is 0 Å². The van der Waals surface area contributed by atoms with Gasteiger partial charge in [-0.05, 0) is 78.5 Å². The van der Waals surface area contributed by atoms with E-state index >= 15 is 0 Å². The molecule has 4 aromatic rings. The van der Waals surface area contributed by atoms with Crippen LogP contribution in [0.15, 0.2) is 77.7 Å². The second-order valence-corrected chi connectivity index (χ2v) is 10.4. The maximum Gasteiger partial charge on any atom is 0.265 e. The van der Waals surface area contributed by atoms with Gasteiger partial charge in [-0.2, -0.15) is 0 Å². The predicted molar refractivity (Wildman–Crippen MR) is 130 cm³/mol. The third kappa shape index (κ3) is 4.32. The van der Waals surface area contributed by atoms with E-state index in [0.29, 0.717) is 16.3 Å². The lowest BCUT2D eigenvalue weighted by molar-refractivity contribution is 0.103. The van der Waals surface area contributed by atoms with Gasteiger partial charge in [-0.15, -0.1) is 11.3 Å². The van der Waals surface area contributed by atoms with E-state index in [1.807, 2.05) is 37.3 Å². The monoisotopic (exact) mass is 466 g/mol. The summed E-state index contributed by atoms with van der Waals surface area (Å²) in [6.45, 7) is 1.97. The number of thiophene rings is 1. The number of nitrogens with zero attached hydrogens (tertiary/aromatic N) is 1. The first kappa shape index (κ1) is 21.9. The summed E-state index contributed by atoms with van der Waals surface area (Å²) in [6, 6.07) is 21.0. The van der Waals surface area contributed by atoms with Crippen LogP contribution in [0, 0.1) is 6.92 Å². The average molecular weight is 467 g/mol. The Morgan fingerprint density at radius 2 is 1.75 bits per heavy atom. The first-order valence-electron chi connectivity index (χ1n) is 9.82. The third-order valence-corrected chi connectivity index (χ3v) is 8.00. The van der Waals surface area contributed by atoms with Crippen molar-refractivity contribution in [3.05, 3.63) is 83.2 Å². The Morgan fingerprint density at radius 1 is 1.00 bits per heavy atom. The highest BCUT2D eigenvalue weighted by Gasteiger charge is 2.22. The van der Waals surface area contributed by atoms with Gasteiger partial charge in [0.25, 0.3) is 15.9 Å². The number of anilines is 2. The molecule has 6 nitrogen and oxygen atoms in total. The standard InChI is InChI=1S/C24H22N2O4S2/c1-16-5-4-6-18(13-16)25-24(27)23-15-17-14-19(7-12-22(17)31-23)26(2)32(28,29)21-10-8-20(30-3)9-11-21/h4-15H,1-3H3,(H,25,27). The number of hydrogen-bond donors (Lipinski definition) is 1. The largest absolute Gasteiger partial charge is 0.497 e. The summed E-state index contributed by atoms with van der Waals surface area (Å²) in [5, 5.41) is 3.71. The van der Waals surface area contributed by atoms with E-state index in [0.717, 1.165) is 21.3 Å². The normalized spacial score (nSPS) is 11.3. The molecule has 0 saturated heterocycles. The van der Waals surface area contributed by atoms with Gasteiger partial charge in [-0.1, -0.05) is 12.1 Å². The molecule has 0 aliphatic carbocycles. The number of fused-ring (bicyclic) bond motifs is 1. The van der Waals surface area contributed by atoms with E-state index in [2.05, 4.69) is 5.32 Å². The molecule has 3 aromatic carbocycles. The molecular weight excluding hydrogens is 444 g/mol. The molecule has 0 saturated carbocycles. The second-order valence-electron chi connectivity index (χ2n) is 7.30. The topological polar surface area (TPSA) is 75.7 Å². The number of carbonyl (C=O) groups is 1. The van der Waals surface area contributed by atoms with Crippen molar-refractivity contribution in [1.29, 1.82) is 0 Å². The molecule has 0 atom stereocenters. The van der Waals surface area contributed by atoms with E-state index < -0.39 is 10.0 Å². The van der Waals surface area contributed by atoms with Gasteiger partial charge in [0.1, 0.15) is 5.75 Å². The molecule has 0 aliphatic heterocycles. The molecule has 0 aliphatic rings. The Kier molecular flexibility index (Phi) is 5.90. The lowest BCUT2D eigenvalue weighted by atomic mass is 10.2. The van der Waals surface area contributed by atoms with E-state index in [1.165, 1.54) is 41.9 Å². The number of benzene rings is 3. The van der Waals surface area contributed by atoms with Crippen LogP contribution in [-0.2, 0) is 10.0 Å². The van der Waals surface area contributed by atoms with Crippen LogP contribution in [0.1, 0.15) is 15.2 Å². The Hall–Kier alpha value is -3.36. The summed E-state index contributed by atoms with van der Waals surface area (Å²) in [5.41, 5.74) is 2.31. The van der Waals surface area contributed by atoms with Gasteiger partial charge in [0.2, 0.25) is 0 Å². The number of carbonyl (C=O) groups excluding carboxylic acids is 1. The Morgan fingerprint density at radius 3 is 2.44 bits per heavy atom. The summed E-state index contributed by atoms with van der Waals surface area (Å²) in [7, 11) is -0.697. The molecular formula is C24H22N2O4S2. The first-order valence-corrected chi connectivity index (χ1v) is 12.1. The summed E-state index contributed by atoms with van der Waals surface area (Å²) < 4.78 is 33.3. The molecule has 0 radical (unpaired) electrons. The number of sulfonamides is 1. The van der Waals surface area contributed by atoms with Gasteiger partial charge in [-0.3, -0.25) is 9.10 Å². The zero-order chi connectivity index (χ0) is 22.9. The summed E-state index contributed by atoms with van der Waals surface area (Å²) in [4.78, 5) is 13.4. The predicted octanol–water partition coefficient (Wildman–Crippen LogP) is 5.30. The molecule has 4 rings (SSSR count). The van der Waals surface area contributed by atoms with Crippen molar-refractivity contribution in [3.8, 4) is 5.75 Å². The van der Waals surface area contributed by atoms with Crippen LogP contribution < -0.4 is 14.4 Å². The van der Waals surface area contributed by atoms with E-state index in [9.17, 15) is 13.2 Å². The van der Waals surface area contributed by atoms with Crippen LogP contribution in [0.5, 0.6) is 5.75 Å². The molecule has 1 heterocycles. The zero-order valence-corrected chi connectivity index (χ0v) is 19.5. The smallest absolute Gasteiger partial charge is 0.265 e. The quantitative estimate of drug-likeness (QED) is 0.419. The minimum atomic E-state index is -3.74. The van der Waals surface area contributed by atoms with Crippen LogP contribution in [0.3, 0.4) is 0 Å². The van der Waals surface area contributed by atoms with Gasteiger partial charge < -0.3 is 10.1 Å². The minimum Gasteiger partial charge on any atom is -0.497 e. The maximum atomic E-state index is 13.0. The molecule has 8 heteroatoms.